The molecule has 0 unspecified atom stereocenters. The Morgan fingerprint density at radius 3 is 2.43 bits per heavy atom. The predicted molar refractivity (Wildman–Crippen MR) is 85.7 cm³/mol. The zero-order valence-electron chi connectivity index (χ0n) is 10.9. The number of benzene rings is 2. The molecular formula is C14H13BrN2O3S. The van der Waals surface area contributed by atoms with Crippen molar-refractivity contribution in [3.63, 3.8) is 0 Å². The van der Waals surface area contributed by atoms with Gasteiger partial charge in [0.2, 0.25) is 5.91 Å². The van der Waals surface area contributed by atoms with Crippen LogP contribution in [0.3, 0.4) is 0 Å². The Labute approximate surface area is 131 Å². The highest BCUT2D eigenvalue weighted by Gasteiger charge is 2.19. The second kappa shape index (κ2) is 6.28. The van der Waals surface area contributed by atoms with Crippen LogP contribution in [0.1, 0.15) is 0 Å². The monoisotopic (exact) mass is 368 g/mol. The van der Waals surface area contributed by atoms with Gasteiger partial charge < -0.3 is 11.1 Å². The number of hydrogen-bond acceptors (Lipinski definition) is 4. The fourth-order valence-electron chi connectivity index (χ4n) is 1.69. The van der Waals surface area contributed by atoms with E-state index in [0.29, 0.717) is 11.4 Å². The zero-order valence-corrected chi connectivity index (χ0v) is 13.3. The minimum Gasteiger partial charge on any atom is -0.399 e. The van der Waals surface area contributed by atoms with E-state index in [4.69, 9.17) is 5.73 Å². The number of nitrogen functional groups attached to an aromatic ring is 1. The predicted octanol–water partition coefficient (Wildman–Crippen LogP) is 2.44. The molecule has 3 N–H and O–H groups in total. The average Bonchev–Trinajstić information content (AvgIpc) is 2.41. The number of halogens is 1. The maximum Gasteiger partial charge on any atom is 0.239 e. The first kappa shape index (κ1) is 15.5. The maximum atomic E-state index is 12.1. The lowest BCUT2D eigenvalue weighted by Crippen LogP contribution is -2.23. The summed E-state index contributed by atoms with van der Waals surface area (Å²) in [4.78, 5) is 11.9. The summed E-state index contributed by atoms with van der Waals surface area (Å²) in [6, 6.07) is 12.7. The van der Waals surface area contributed by atoms with E-state index in [1.54, 1.807) is 30.3 Å². The van der Waals surface area contributed by atoms with Crippen molar-refractivity contribution in [1.29, 1.82) is 0 Å². The summed E-state index contributed by atoms with van der Waals surface area (Å²) in [5.74, 6) is -1.23. The van der Waals surface area contributed by atoms with Gasteiger partial charge >= 0.3 is 0 Å². The van der Waals surface area contributed by atoms with Gasteiger partial charge in [-0.25, -0.2) is 8.42 Å². The Balaban J connectivity index is 2.09. The summed E-state index contributed by atoms with van der Waals surface area (Å²) in [6.07, 6.45) is 0. The van der Waals surface area contributed by atoms with Crippen molar-refractivity contribution in [2.24, 2.45) is 0 Å². The van der Waals surface area contributed by atoms with Gasteiger partial charge in [0.25, 0.3) is 0 Å². The summed E-state index contributed by atoms with van der Waals surface area (Å²) < 4.78 is 25.1. The van der Waals surface area contributed by atoms with Crippen LogP contribution in [-0.2, 0) is 14.6 Å². The Kier molecular flexibility index (Phi) is 4.64. The number of sulfone groups is 1. The molecular weight excluding hydrogens is 356 g/mol. The molecule has 0 aliphatic heterocycles. The first-order chi connectivity index (χ1) is 9.87. The van der Waals surface area contributed by atoms with Crippen molar-refractivity contribution in [2.75, 3.05) is 16.8 Å². The van der Waals surface area contributed by atoms with Crippen LogP contribution in [-0.4, -0.2) is 20.1 Å². The third kappa shape index (κ3) is 4.30. The number of carbonyl (C=O) groups excluding carboxylic acids is 1. The highest BCUT2D eigenvalue weighted by Crippen LogP contribution is 2.16. The molecule has 21 heavy (non-hydrogen) atoms. The van der Waals surface area contributed by atoms with Gasteiger partial charge in [-0.05, 0) is 42.5 Å². The van der Waals surface area contributed by atoms with Gasteiger partial charge in [-0.1, -0.05) is 22.0 Å². The highest BCUT2D eigenvalue weighted by atomic mass is 79.9. The van der Waals surface area contributed by atoms with E-state index in [1.807, 2.05) is 0 Å². The normalized spacial score (nSPS) is 11.1. The largest absolute Gasteiger partial charge is 0.399 e. The van der Waals surface area contributed by atoms with Gasteiger partial charge in [0.1, 0.15) is 5.75 Å². The van der Waals surface area contributed by atoms with E-state index in [9.17, 15) is 13.2 Å². The molecule has 7 heteroatoms. The molecule has 0 atom stereocenters. The molecule has 0 spiro atoms. The topological polar surface area (TPSA) is 89.3 Å². The molecule has 5 nitrogen and oxygen atoms in total. The van der Waals surface area contributed by atoms with Gasteiger partial charge in [0.05, 0.1) is 4.90 Å². The lowest BCUT2D eigenvalue weighted by molar-refractivity contribution is -0.113. The van der Waals surface area contributed by atoms with E-state index in [1.165, 1.54) is 18.2 Å². The first-order valence-corrected chi connectivity index (χ1v) is 8.45. The number of anilines is 2. The zero-order chi connectivity index (χ0) is 15.5. The summed E-state index contributed by atoms with van der Waals surface area (Å²) >= 11 is 3.28. The van der Waals surface area contributed by atoms with Crippen LogP contribution in [0.2, 0.25) is 0 Å². The molecule has 0 fully saturated rings. The summed E-state index contributed by atoms with van der Waals surface area (Å²) in [6.45, 7) is 0. The Morgan fingerprint density at radius 2 is 1.81 bits per heavy atom. The molecule has 0 radical (unpaired) electrons. The Bertz CT molecular complexity index is 758. The number of carbonyl (C=O) groups is 1. The smallest absolute Gasteiger partial charge is 0.239 e. The van der Waals surface area contributed by atoms with Gasteiger partial charge in [-0.2, -0.15) is 0 Å². The molecule has 2 aromatic carbocycles. The van der Waals surface area contributed by atoms with Crippen molar-refractivity contribution in [1.82, 2.24) is 0 Å². The summed E-state index contributed by atoms with van der Waals surface area (Å²) in [5, 5.41) is 2.54. The van der Waals surface area contributed by atoms with Crippen molar-refractivity contribution in [3.8, 4) is 0 Å². The van der Waals surface area contributed by atoms with Crippen LogP contribution in [0.25, 0.3) is 0 Å². The third-order valence-electron chi connectivity index (χ3n) is 2.67. The quantitative estimate of drug-likeness (QED) is 0.811. The molecule has 110 valence electrons. The minimum atomic E-state index is -3.71. The standard InChI is InChI=1S/C14H13BrN2O3S/c15-10-4-6-12(7-5-10)17-14(18)9-21(19,20)13-3-1-2-11(16)8-13/h1-8H,9,16H2,(H,17,18). The van der Waals surface area contributed by atoms with Crippen LogP contribution >= 0.6 is 15.9 Å². The molecule has 0 aromatic heterocycles. The molecule has 0 bridgehead atoms. The summed E-state index contributed by atoms with van der Waals surface area (Å²) in [7, 11) is -3.71. The van der Waals surface area contributed by atoms with Crippen molar-refractivity contribution in [2.45, 2.75) is 4.90 Å². The van der Waals surface area contributed by atoms with Crippen molar-refractivity contribution >= 4 is 43.0 Å². The molecule has 0 heterocycles. The van der Waals surface area contributed by atoms with Crippen LogP contribution in [0.4, 0.5) is 11.4 Å². The van der Waals surface area contributed by atoms with E-state index in [2.05, 4.69) is 21.2 Å². The molecule has 2 rings (SSSR count). The second-order valence-electron chi connectivity index (χ2n) is 4.39. The lowest BCUT2D eigenvalue weighted by atomic mass is 10.3. The SMILES string of the molecule is Nc1cccc(S(=O)(=O)CC(=O)Nc2ccc(Br)cc2)c1. The van der Waals surface area contributed by atoms with Gasteiger partial charge in [0, 0.05) is 15.8 Å². The van der Waals surface area contributed by atoms with Crippen molar-refractivity contribution < 1.29 is 13.2 Å². The molecule has 0 aliphatic rings. The van der Waals surface area contributed by atoms with Crippen LogP contribution < -0.4 is 11.1 Å². The molecule has 0 saturated heterocycles. The first-order valence-electron chi connectivity index (χ1n) is 6.00. The van der Waals surface area contributed by atoms with Gasteiger partial charge in [-0.15, -0.1) is 0 Å². The fourth-order valence-corrected chi connectivity index (χ4v) is 3.14. The number of hydrogen-bond donors (Lipinski definition) is 2. The lowest BCUT2D eigenvalue weighted by Gasteiger charge is -2.07. The second-order valence-corrected chi connectivity index (χ2v) is 7.29. The molecule has 1 amide bonds. The summed E-state index contributed by atoms with van der Waals surface area (Å²) in [5.41, 5.74) is 6.43. The highest BCUT2D eigenvalue weighted by molar-refractivity contribution is 9.10. The number of amides is 1. The van der Waals surface area contributed by atoms with E-state index < -0.39 is 21.5 Å². The van der Waals surface area contributed by atoms with Gasteiger partial charge in [-0.3, -0.25) is 4.79 Å². The van der Waals surface area contributed by atoms with Crippen LogP contribution in [0, 0.1) is 0 Å². The van der Waals surface area contributed by atoms with E-state index >= 15 is 0 Å². The van der Waals surface area contributed by atoms with Crippen LogP contribution in [0.5, 0.6) is 0 Å². The Hall–Kier alpha value is -1.86. The third-order valence-corrected chi connectivity index (χ3v) is 4.81. The fraction of sp³-hybridized carbons (Fsp3) is 0.0714. The minimum absolute atomic E-state index is 0.0356. The molecule has 0 saturated carbocycles. The Morgan fingerprint density at radius 1 is 1.14 bits per heavy atom. The number of nitrogens with one attached hydrogen (secondary N) is 1. The maximum absolute atomic E-state index is 12.1. The van der Waals surface area contributed by atoms with Crippen molar-refractivity contribution in [3.05, 3.63) is 53.0 Å². The average molecular weight is 369 g/mol. The molecule has 0 aliphatic carbocycles. The number of rotatable bonds is 4. The van der Waals surface area contributed by atoms with E-state index in [0.717, 1.165) is 4.47 Å². The van der Waals surface area contributed by atoms with Gasteiger partial charge in [0.15, 0.2) is 9.84 Å². The van der Waals surface area contributed by atoms with E-state index in [-0.39, 0.29) is 4.90 Å². The molecule has 2 aromatic rings. The van der Waals surface area contributed by atoms with Crippen LogP contribution in [0.15, 0.2) is 57.9 Å². The number of nitrogens with two attached hydrogens (primary N) is 1.